The van der Waals surface area contributed by atoms with E-state index in [1.165, 1.54) is 6.07 Å². The van der Waals surface area contributed by atoms with E-state index in [1.807, 2.05) is 0 Å². The second-order valence-electron chi connectivity index (χ2n) is 4.16. The molecule has 1 heterocycles. The standard InChI is InChI=1S/C11H9NO7S2/c13-8(14)5-11(10(15)16,21(17,18)19)9-12-6-3-1-2-4-7(6)20-9/h1-4H,5H2,(H,13,14)(H,15,16)(H,17,18,19). The number of hydrogen-bond donors (Lipinski definition) is 3. The molecule has 112 valence electrons. The molecule has 0 spiro atoms. The van der Waals surface area contributed by atoms with Crippen LogP contribution in [0.5, 0.6) is 0 Å². The molecular weight excluding hydrogens is 322 g/mol. The Hall–Kier alpha value is -2.04. The van der Waals surface area contributed by atoms with Crippen LogP contribution in [0.15, 0.2) is 24.3 Å². The summed E-state index contributed by atoms with van der Waals surface area (Å²) in [6.07, 6.45) is -1.33. The van der Waals surface area contributed by atoms with Gasteiger partial charge in [-0.2, -0.15) is 8.42 Å². The maximum atomic E-state index is 11.6. The highest BCUT2D eigenvalue weighted by atomic mass is 32.2. The maximum Gasteiger partial charge on any atom is 0.335 e. The summed E-state index contributed by atoms with van der Waals surface area (Å²) >= 11 is 0.707. The summed E-state index contributed by atoms with van der Waals surface area (Å²) < 4.78 is 29.9. The van der Waals surface area contributed by atoms with Crippen molar-refractivity contribution in [3.05, 3.63) is 29.3 Å². The van der Waals surface area contributed by atoms with Crippen molar-refractivity contribution in [2.24, 2.45) is 0 Å². The fraction of sp³-hybridized carbons (Fsp3) is 0.182. The normalized spacial score (nSPS) is 14.7. The average Bonchev–Trinajstić information content (AvgIpc) is 2.77. The summed E-state index contributed by atoms with van der Waals surface area (Å²) in [5.74, 6) is -3.68. The van der Waals surface area contributed by atoms with Crippen molar-refractivity contribution in [2.45, 2.75) is 11.2 Å². The van der Waals surface area contributed by atoms with Gasteiger partial charge in [0.25, 0.3) is 14.9 Å². The minimum Gasteiger partial charge on any atom is -0.481 e. The zero-order valence-electron chi connectivity index (χ0n) is 10.3. The van der Waals surface area contributed by atoms with Gasteiger partial charge in [0.15, 0.2) is 0 Å². The predicted octanol–water partition coefficient (Wildman–Crippen LogP) is 0.939. The lowest BCUT2D eigenvalue weighted by Gasteiger charge is -2.21. The van der Waals surface area contributed by atoms with Gasteiger partial charge in [-0.3, -0.25) is 9.35 Å². The topological polar surface area (TPSA) is 142 Å². The molecule has 2 aromatic rings. The van der Waals surface area contributed by atoms with Crippen molar-refractivity contribution in [1.29, 1.82) is 0 Å². The van der Waals surface area contributed by atoms with Crippen LogP contribution in [0.2, 0.25) is 0 Å². The molecule has 10 heteroatoms. The van der Waals surface area contributed by atoms with E-state index in [2.05, 4.69) is 4.98 Å². The first-order valence-electron chi connectivity index (χ1n) is 5.47. The van der Waals surface area contributed by atoms with Crippen LogP contribution in [0.25, 0.3) is 10.2 Å². The number of aromatic nitrogens is 1. The average molecular weight is 331 g/mol. The maximum absolute atomic E-state index is 11.6. The Morgan fingerprint density at radius 1 is 1.24 bits per heavy atom. The molecule has 0 aliphatic heterocycles. The molecular formula is C11H9NO7S2. The van der Waals surface area contributed by atoms with Crippen LogP contribution < -0.4 is 0 Å². The molecule has 1 unspecified atom stereocenters. The molecule has 0 aliphatic carbocycles. The number of hydrogen-bond acceptors (Lipinski definition) is 6. The zero-order valence-corrected chi connectivity index (χ0v) is 11.9. The molecule has 0 saturated heterocycles. The van der Waals surface area contributed by atoms with Crippen LogP contribution in [0.3, 0.4) is 0 Å². The minimum absolute atomic E-state index is 0.317. The molecule has 0 radical (unpaired) electrons. The van der Waals surface area contributed by atoms with Crippen LogP contribution in [0.4, 0.5) is 0 Å². The molecule has 0 bridgehead atoms. The number of rotatable bonds is 5. The molecule has 1 aromatic carbocycles. The van der Waals surface area contributed by atoms with E-state index in [-0.39, 0.29) is 0 Å². The number of aliphatic carboxylic acids is 2. The summed E-state index contributed by atoms with van der Waals surface area (Å²) in [7, 11) is -5.25. The SMILES string of the molecule is O=C(O)CC(C(=O)O)(c1nc2ccccc2s1)S(=O)(=O)O. The van der Waals surface area contributed by atoms with Gasteiger partial charge in [-0.1, -0.05) is 12.1 Å². The van der Waals surface area contributed by atoms with Crippen LogP contribution in [-0.4, -0.2) is 40.1 Å². The Bertz CT molecular complexity index is 793. The molecule has 1 aromatic heterocycles. The number of thiazole rings is 1. The Morgan fingerprint density at radius 3 is 2.33 bits per heavy atom. The summed E-state index contributed by atoms with van der Waals surface area (Å²) in [6.45, 7) is 0. The first kappa shape index (κ1) is 15.4. The molecule has 0 amide bonds. The molecule has 21 heavy (non-hydrogen) atoms. The van der Waals surface area contributed by atoms with Gasteiger partial charge in [0.2, 0.25) is 0 Å². The minimum atomic E-state index is -5.25. The van der Waals surface area contributed by atoms with Crippen LogP contribution >= 0.6 is 11.3 Å². The quantitative estimate of drug-likeness (QED) is 0.687. The van der Waals surface area contributed by atoms with Crippen molar-refractivity contribution in [3.8, 4) is 0 Å². The molecule has 0 saturated carbocycles. The van der Waals surface area contributed by atoms with Crippen molar-refractivity contribution in [3.63, 3.8) is 0 Å². The van der Waals surface area contributed by atoms with Gasteiger partial charge in [-0.25, -0.2) is 9.78 Å². The van der Waals surface area contributed by atoms with Gasteiger partial charge in [-0.05, 0) is 12.1 Å². The van der Waals surface area contributed by atoms with Gasteiger partial charge < -0.3 is 10.2 Å². The summed E-state index contributed by atoms with van der Waals surface area (Å²) in [5.41, 5.74) is 0.317. The molecule has 1 atom stereocenters. The van der Waals surface area contributed by atoms with E-state index < -0.39 is 38.2 Å². The number of fused-ring (bicyclic) bond motifs is 1. The second kappa shape index (κ2) is 5.06. The summed E-state index contributed by atoms with van der Waals surface area (Å²) in [6, 6.07) is 6.34. The third-order valence-corrected chi connectivity index (χ3v) is 5.55. The first-order valence-corrected chi connectivity index (χ1v) is 7.72. The fourth-order valence-electron chi connectivity index (χ4n) is 1.81. The van der Waals surface area contributed by atoms with E-state index in [4.69, 9.17) is 5.11 Å². The van der Waals surface area contributed by atoms with Gasteiger partial charge in [0.05, 0.1) is 16.6 Å². The van der Waals surface area contributed by atoms with Gasteiger partial charge >= 0.3 is 11.9 Å². The first-order chi connectivity index (χ1) is 9.68. The highest BCUT2D eigenvalue weighted by molar-refractivity contribution is 7.87. The molecule has 8 nitrogen and oxygen atoms in total. The largest absolute Gasteiger partial charge is 0.481 e. The summed E-state index contributed by atoms with van der Waals surface area (Å²) in [4.78, 5) is 26.2. The van der Waals surface area contributed by atoms with E-state index in [0.717, 1.165) is 0 Å². The van der Waals surface area contributed by atoms with E-state index in [1.54, 1.807) is 18.2 Å². The van der Waals surface area contributed by atoms with Crippen LogP contribution in [0.1, 0.15) is 11.4 Å². The summed E-state index contributed by atoms with van der Waals surface area (Å²) in [5, 5.41) is 17.6. The molecule has 0 fully saturated rings. The van der Waals surface area contributed by atoms with Crippen molar-refractivity contribution >= 4 is 43.6 Å². The van der Waals surface area contributed by atoms with Crippen LogP contribution in [-0.2, 0) is 24.5 Å². The van der Waals surface area contributed by atoms with Gasteiger partial charge in [0, 0.05) is 0 Å². The monoisotopic (exact) mass is 331 g/mol. The fourth-order valence-corrected chi connectivity index (χ4v) is 4.09. The number of benzene rings is 1. The van der Waals surface area contributed by atoms with E-state index >= 15 is 0 Å². The smallest absolute Gasteiger partial charge is 0.335 e. The Balaban J connectivity index is 2.80. The molecule has 0 aliphatic rings. The van der Waals surface area contributed by atoms with Crippen molar-refractivity contribution in [1.82, 2.24) is 4.98 Å². The lowest BCUT2D eigenvalue weighted by molar-refractivity contribution is -0.147. The lowest BCUT2D eigenvalue weighted by atomic mass is 10.1. The Morgan fingerprint density at radius 2 is 1.86 bits per heavy atom. The van der Waals surface area contributed by atoms with Gasteiger partial charge in [-0.15, -0.1) is 11.3 Å². The van der Waals surface area contributed by atoms with Crippen LogP contribution in [0, 0.1) is 0 Å². The third-order valence-electron chi connectivity index (χ3n) is 2.83. The Labute approximate surface area is 122 Å². The number of para-hydroxylation sites is 1. The number of nitrogens with zero attached hydrogens (tertiary/aromatic N) is 1. The number of carboxylic acid groups (broad SMARTS) is 2. The van der Waals surface area contributed by atoms with E-state index in [0.29, 0.717) is 21.6 Å². The van der Waals surface area contributed by atoms with Crippen molar-refractivity contribution in [2.75, 3.05) is 0 Å². The second-order valence-corrected chi connectivity index (χ2v) is 6.84. The van der Waals surface area contributed by atoms with Gasteiger partial charge in [0.1, 0.15) is 5.01 Å². The highest BCUT2D eigenvalue weighted by Gasteiger charge is 2.56. The van der Waals surface area contributed by atoms with Crippen molar-refractivity contribution < 1.29 is 32.8 Å². The predicted molar refractivity (Wildman–Crippen MR) is 72.7 cm³/mol. The lowest BCUT2D eigenvalue weighted by Crippen LogP contribution is -2.45. The highest BCUT2D eigenvalue weighted by Crippen LogP contribution is 2.38. The zero-order chi connectivity index (χ0) is 15.8. The number of carboxylic acids is 2. The molecule has 3 N–H and O–H groups in total. The molecule has 2 rings (SSSR count). The Kier molecular flexibility index (Phi) is 3.70. The van der Waals surface area contributed by atoms with E-state index in [9.17, 15) is 27.7 Å². The number of carbonyl (C=O) groups is 2. The third kappa shape index (κ3) is 2.48.